The fourth-order valence-electron chi connectivity index (χ4n) is 4.49. The number of halogens is 2. The fraction of sp³-hybridized carbons (Fsp3) is 0.400. The quantitative estimate of drug-likeness (QED) is 0.408. The molecule has 0 amide bonds. The van der Waals surface area contributed by atoms with Crippen molar-refractivity contribution in [2.45, 2.75) is 25.7 Å². The largest absolute Gasteiger partial charge is 0.507 e. The van der Waals surface area contributed by atoms with Crippen LogP contribution in [0.1, 0.15) is 31.2 Å². The van der Waals surface area contributed by atoms with Crippen molar-refractivity contribution in [1.82, 2.24) is 4.90 Å². The number of allylic oxidation sites excluding steroid dienone is 2. The van der Waals surface area contributed by atoms with Gasteiger partial charge in [-0.1, -0.05) is 29.3 Å². The number of nitrogens with zero attached hydrogens (tertiary/aromatic N) is 2. The van der Waals surface area contributed by atoms with Crippen LogP contribution >= 0.6 is 23.2 Å². The molecule has 0 bridgehead atoms. The molecule has 0 spiro atoms. The maximum Gasteiger partial charge on any atom is 0.146 e. The highest BCUT2D eigenvalue weighted by atomic mass is 35.5. The van der Waals surface area contributed by atoms with E-state index in [1.54, 1.807) is 6.07 Å². The number of piperazine rings is 1. The van der Waals surface area contributed by atoms with Gasteiger partial charge in [-0.15, -0.1) is 0 Å². The van der Waals surface area contributed by atoms with Gasteiger partial charge in [-0.25, -0.2) is 0 Å². The van der Waals surface area contributed by atoms with E-state index in [9.17, 15) is 9.90 Å². The molecule has 170 valence electrons. The summed E-state index contributed by atoms with van der Waals surface area (Å²) in [6.07, 6.45) is 4.40. The topological polar surface area (TPSA) is 53.0 Å². The highest BCUT2D eigenvalue weighted by molar-refractivity contribution is 6.43. The molecule has 0 saturated carbocycles. The zero-order chi connectivity index (χ0) is 22.5. The number of carbonyl (C=O) groups is 1. The molecule has 4 rings (SSSR count). The average molecular weight is 475 g/mol. The van der Waals surface area contributed by atoms with E-state index in [-0.39, 0.29) is 5.75 Å². The Balaban J connectivity index is 1.22. The highest BCUT2D eigenvalue weighted by Crippen LogP contribution is 2.38. The van der Waals surface area contributed by atoms with E-state index in [1.807, 2.05) is 30.3 Å². The normalized spacial score (nSPS) is 17.1. The molecule has 1 aliphatic carbocycles. The number of benzene rings is 2. The summed E-state index contributed by atoms with van der Waals surface area (Å²) in [5, 5.41) is 11.6. The Bertz CT molecular complexity index is 1000. The minimum Gasteiger partial charge on any atom is -0.507 e. The third-order valence-corrected chi connectivity index (χ3v) is 7.04. The molecule has 32 heavy (non-hydrogen) atoms. The summed E-state index contributed by atoms with van der Waals surface area (Å²) in [6.45, 7) is 5.29. The zero-order valence-electron chi connectivity index (χ0n) is 18.0. The first-order valence-corrected chi connectivity index (χ1v) is 11.9. The number of carbonyl (C=O) groups excluding carboxylic acids is 1. The lowest BCUT2D eigenvalue weighted by Gasteiger charge is -2.36. The molecule has 1 heterocycles. The zero-order valence-corrected chi connectivity index (χ0v) is 19.5. The van der Waals surface area contributed by atoms with Gasteiger partial charge < -0.3 is 14.7 Å². The van der Waals surface area contributed by atoms with Crippen LogP contribution in [-0.4, -0.2) is 55.6 Å². The Hall–Kier alpha value is -2.21. The molecule has 7 heteroatoms. The van der Waals surface area contributed by atoms with Crippen molar-refractivity contribution in [3.05, 3.63) is 57.6 Å². The van der Waals surface area contributed by atoms with E-state index < -0.39 is 0 Å². The second-order valence-corrected chi connectivity index (χ2v) is 9.04. The number of anilines is 1. The summed E-state index contributed by atoms with van der Waals surface area (Å²) in [4.78, 5) is 15.9. The molecule has 1 N–H and O–H groups in total. The minimum absolute atomic E-state index is 0.176. The minimum atomic E-state index is 0.176. The summed E-state index contributed by atoms with van der Waals surface area (Å²) in [6, 6.07) is 11.1. The van der Waals surface area contributed by atoms with Gasteiger partial charge in [0.2, 0.25) is 0 Å². The number of aromatic hydroxyl groups is 1. The van der Waals surface area contributed by atoms with Crippen molar-refractivity contribution in [2.75, 3.05) is 44.2 Å². The van der Waals surface area contributed by atoms with Crippen LogP contribution in [0.25, 0.3) is 5.57 Å². The molecule has 2 aromatic rings. The molecule has 0 aromatic heterocycles. The third-order valence-electron chi connectivity index (χ3n) is 6.23. The molecular formula is C25H28Cl2N2O3. The maximum atomic E-state index is 11.2. The van der Waals surface area contributed by atoms with Crippen LogP contribution in [0.4, 0.5) is 5.69 Å². The predicted octanol–water partition coefficient (Wildman–Crippen LogP) is 5.43. The molecule has 1 fully saturated rings. The maximum absolute atomic E-state index is 11.2. The monoisotopic (exact) mass is 474 g/mol. The van der Waals surface area contributed by atoms with Crippen molar-refractivity contribution in [3.63, 3.8) is 0 Å². The average Bonchev–Trinajstić information content (AvgIpc) is 3.28. The Morgan fingerprint density at radius 2 is 1.88 bits per heavy atom. The Kier molecular flexibility index (Phi) is 7.61. The van der Waals surface area contributed by atoms with E-state index in [0.717, 1.165) is 87.1 Å². The summed E-state index contributed by atoms with van der Waals surface area (Å²) >= 11 is 12.5. The Morgan fingerprint density at radius 3 is 2.62 bits per heavy atom. The number of hydrogen-bond donors (Lipinski definition) is 1. The van der Waals surface area contributed by atoms with E-state index >= 15 is 0 Å². The van der Waals surface area contributed by atoms with E-state index in [1.165, 1.54) is 0 Å². The van der Waals surface area contributed by atoms with E-state index in [2.05, 4.69) is 9.80 Å². The third kappa shape index (κ3) is 5.22. The van der Waals surface area contributed by atoms with Gasteiger partial charge in [-0.05, 0) is 61.1 Å². The molecule has 1 aliphatic heterocycles. The molecule has 0 unspecified atom stereocenters. The Morgan fingerprint density at radius 1 is 1.06 bits per heavy atom. The van der Waals surface area contributed by atoms with Crippen LogP contribution in [0.3, 0.4) is 0 Å². The molecule has 5 nitrogen and oxygen atoms in total. The van der Waals surface area contributed by atoms with Crippen molar-refractivity contribution in [1.29, 1.82) is 0 Å². The summed E-state index contributed by atoms with van der Waals surface area (Å²) in [5.74, 6) is 0.826. The molecular weight excluding hydrogens is 447 g/mol. The van der Waals surface area contributed by atoms with Crippen LogP contribution in [0.15, 0.2) is 42.0 Å². The van der Waals surface area contributed by atoms with Crippen LogP contribution in [0, 0.1) is 0 Å². The Labute approximate surface area is 199 Å². The summed E-state index contributed by atoms with van der Waals surface area (Å²) < 4.78 is 5.85. The van der Waals surface area contributed by atoms with Gasteiger partial charge in [-0.2, -0.15) is 0 Å². The lowest BCUT2D eigenvalue weighted by molar-refractivity contribution is -0.104. The molecule has 2 aromatic carbocycles. The van der Waals surface area contributed by atoms with Gasteiger partial charge in [0.1, 0.15) is 17.8 Å². The highest BCUT2D eigenvalue weighted by Gasteiger charge is 2.20. The molecule has 0 atom stereocenters. The number of rotatable bonds is 8. The van der Waals surface area contributed by atoms with Gasteiger partial charge in [0.25, 0.3) is 0 Å². The smallest absolute Gasteiger partial charge is 0.146 e. The summed E-state index contributed by atoms with van der Waals surface area (Å²) in [7, 11) is 0. The van der Waals surface area contributed by atoms with Crippen LogP contribution in [0.2, 0.25) is 10.0 Å². The lowest BCUT2D eigenvalue weighted by atomic mass is 10.0. The molecule has 1 saturated heterocycles. The van der Waals surface area contributed by atoms with Gasteiger partial charge in [-0.3, -0.25) is 9.69 Å². The van der Waals surface area contributed by atoms with Crippen molar-refractivity contribution in [2.24, 2.45) is 0 Å². The van der Waals surface area contributed by atoms with Crippen molar-refractivity contribution >= 4 is 40.7 Å². The standard InChI is InChI=1S/C25H28Cl2N2O3/c26-22-6-2-7-23(25(22)27)29-13-11-28(12-14-29)10-3-15-32-19-8-9-21(24(31)16-19)20-5-1-4-18(20)17-30/h2,6-9,16-17,31H,1,3-5,10-15H2. The first-order chi connectivity index (χ1) is 15.6. The van der Waals surface area contributed by atoms with Crippen molar-refractivity contribution < 1.29 is 14.6 Å². The fourth-order valence-corrected chi connectivity index (χ4v) is 4.90. The number of phenols is 1. The van der Waals surface area contributed by atoms with E-state index in [4.69, 9.17) is 27.9 Å². The van der Waals surface area contributed by atoms with E-state index in [0.29, 0.717) is 22.4 Å². The van der Waals surface area contributed by atoms with Gasteiger partial charge in [0, 0.05) is 44.4 Å². The number of phenolic OH excluding ortho intramolecular Hbond substituents is 1. The predicted molar refractivity (Wildman–Crippen MR) is 130 cm³/mol. The van der Waals surface area contributed by atoms with Gasteiger partial charge in [0.05, 0.1) is 22.3 Å². The number of ether oxygens (including phenoxy) is 1. The first-order valence-electron chi connectivity index (χ1n) is 11.1. The van der Waals surface area contributed by atoms with Crippen LogP contribution in [0.5, 0.6) is 11.5 Å². The van der Waals surface area contributed by atoms with Crippen LogP contribution < -0.4 is 9.64 Å². The lowest BCUT2D eigenvalue weighted by Crippen LogP contribution is -2.46. The van der Waals surface area contributed by atoms with Crippen LogP contribution in [-0.2, 0) is 4.79 Å². The summed E-state index contributed by atoms with van der Waals surface area (Å²) in [5.41, 5.74) is 3.50. The molecule has 0 radical (unpaired) electrons. The van der Waals surface area contributed by atoms with Crippen molar-refractivity contribution in [3.8, 4) is 11.5 Å². The number of hydrogen-bond acceptors (Lipinski definition) is 5. The molecule has 2 aliphatic rings. The second kappa shape index (κ2) is 10.6. The SMILES string of the molecule is O=CC1=C(c2ccc(OCCCN3CCN(c4cccc(Cl)c4Cl)CC3)cc2O)CCC1. The van der Waals surface area contributed by atoms with Gasteiger partial charge >= 0.3 is 0 Å². The second-order valence-electron chi connectivity index (χ2n) is 8.26. The number of aldehydes is 1. The first kappa shape index (κ1) is 23.0. The van der Waals surface area contributed by atoms with Gasteiger partial charge in [0.15, 0.2) is 0 Å².